The van der Waals surface area contributed by atoms with E-state index in [4.69, 9.17) is 0 Å². The molecule has 0 bridgehead atoms. The summed E-state index contributed by atoms with van der Waals surface area (Å²) in [6.07, 6.45) is 0. The van der Waals surface area contributed by atoms with E-state index in [1.54, 1.807) is 6.07 Å². The molecule has 6 rings (SSSR count). The first kappa shape index (κ1) is 21.2. The quantitative estimate of drug-likeness (QED) is 0.287. The molecule has 0 radical (unpaired) electrons. The van der Waals surface area contributed by atoms with Gasteiger partial charge in [0.15, 0.2) is 0 Å². The van der Waals surface area contributed by atoms with Crippen molar-refractivity contribution in [3.63, 3.8) is 0 Å². The van der Waals surface area contributed by atoms with E-state index in [1.807, 2.05) is 42.5 Å². The number of hydrogen-bond donors (Lipinski definition) is 2. The van der Waals surface area contributed by atoms with Crippen LogP contribution in [0.1, 0.15) is 35.3 Å². The molecule has 3 heteroatoms. The molecule has 5 aromatic rings. The number of rotatable bonds is 4. The maximum atomic E-state index is 12.0. The van der Waals surface area contributed by atoms with Crippen LogP contribution in [0.15, 0.2) is 103 Å². The van der Waals surface area contributed by atoms with Gasteiger partial charge in [-0.2, -0.15) is 0 Å². The fourth-order valence-electron chi connectivity index (χ4n) is 5.38. The average Bonchev–Trinajstić information content (AvgIpc) is 3.10. The summed E-state index contributed by atoms with van der Waals surface area (Å²) in [6, 6.07) is 34.8. The molecule has 170 valence electrons. The van der Waals surface area contributed by atoms with Crippen LogP contribution in [0.5, 0.6) is 0 Å². The van der Waals surface area contributed by atoms with Crippen LogP contribution in [0.4, 0.5) is 11.4 Å². The summed E-state index contributed by atoms with van der Waals surface area (Å²) in [5.74, 6) is -0.954. The van der Waals surface area contributed by atoms with E-state index in [-0.39, 0.29) is 11.0 Å². The molecule has 0 heterocycles. The van der Waals surface area contributed by atoms with Crippen molar-refractivity contribution in [3.05, 3.63) is 120 Å². The largest absolute Gasteiger partial charge is 0.478 e. The summed E-state index contributed by atoms with van der Waals surface area (Å²) in [5, 5.41) is 15.4. The highest BCUT2D eigenvalue weighted by Gasteiger charge is 2.35. The van der Waals surface area contributed by atoms with E-state index in [2.05, 4.69) is 73.8 Å². The molecular formula is C32H25NO2. The molecule has 0 amide bonds. The highest BCUT2D eigenvalue weighted by atomic mass is 16.4. The highest BCUT2D eigenvalue weighted by Crippen LogP contribution is 2.49. The van der Waals surface area contributed by atoms with Crippen LogP contribution in [0.25, 0.3) is 33.0 Å². The lowest BCUT2D eigenvalue weighted by molar-refractivity contribution is 0.0698. The van der Waals surface area contributed by atoms with Gasteiger partial charge < -0.3 is 10.4 Å². The van der Waals surface area contributed by atoms with Gasteiger partial charge in [0, 0.05) is 16.5 Å². The third kappa shape index (κ3) is 3.39. The summed E-state index contributed by atoms with van der Waals surface area (Å²) in [7, 11) is 0. The van der Waals surface area contributed by atoms with E-state index < -0.39 is 5.97 Å². The Kier molecular flexibility index (Phi) is 4.75. The van der Waals surface area contributed by atoms with E-state index in [1.165, 1.54) is 22.3 Å². The van der Waals surface area contributed by atoms with Gasteiger partial charge in [-0.25, -0.2) is 4.79 Å². The molecule has 1 aliphatic rings. The Morgan fingerprint density at radius 1 is 0.686 bits per heavy atom. The number of anilines is 2. The SMILES string of the molecule is CC1(C)c2ccccc2-c2ccc(-c3ccc(C(=O)O)c(Nc4cccc5ccccc45)c3)cc21. The predicted molar refractivity (Wildman–Crippen MR) is 144 cm³/mol. The zero-order valence-corrected chi connectivity index (χ0v) is 19.7. The Balaban J connectivity index is 1.45. The molecule has 5 aromatic carbocycles. The molecule has 0 spiro atoms. The molecule has 0 aliphatic heterocycles. The van der Waals surface area contributed by atoms with E-state index in [0.29, 0.717) is 5.69 Å². The van der Waals surface area contributed by atoms with Crippen molar-refractivity contribution in [2.24, 2.45) is 0 Å². The molecular weight excluding hydrogens is 430 g/mol. The molecule has 3 nitrogen and oxygen atoms in total. The summed E-state index contributed by atoms with van der Waals surface area (Å²) in [6.45, 7) is 4.53. The van der Waals surface area contributed by atoms with Gasteiger partial charge in [0.1, 0.15) is 0 Å². The second-order valence-electron chi connectivity index (χ2n) is 9.65. The van der Waals surface area contributed by atoms with Gasteiger partial charge in [0.25, 0.3) is 0 Å². The Labute approximate surface area is 204 Å². The zero-order chi connectivity index (χ0) is 24.2. The molecule has 0 saturated heterocycles. The Hall–Kier alpha value is -4.37. The van der Waals surface area contributed by atoms with Crippen molar-refractivity contribution in [1.82, 2.24) is 0 Å². The monoisotopic (exact) mass is 455 g/mol. The zero-order valence-electron chi connectivity index (χ0n) is 19.7. The average molecular weight is 456 g/mol. The summed E-state index contributed by atoms with van der Waals surface area (Å²) < 4.78 is 0. The molecule has 0 atom stereocenters. The molecule has 2 N–H and O–H groups in total. The van der Waals surface area contributed by atoms with Crippen LogP contribution < -0.4 is 5.32 Å². The van der Waals surface area contributed by atoms with Crippen molar-refractivity contribution in [2.45, 2.75) is 19.3 Å². The van der Waals surface area contributed by atoms with Crippen molar-refractivity contribution in [3.8, 4) is 22.3 Å². The molecule has 0 unspecified atom stereocenters. The maximum Gasteiger partial charge on any atom is 0.337 e. The smallest absolute Gasteiger partial charge is 0.337 e. The van der Waals surface area contributed by atoms with Gasteiger partial charge >= 0.3 is 5.97 Å². The molecule has 0 saturated carbocycles. The van der Waals surface area contributed by atoms with Crippen molar-refractivity contribution in [2.75, 3.05) is 5.32 Å². The number of carboxylic acid groups (broad SMARTS) is 1. The van der Waals surface area contributed by atoms with Crippen LogP contribution in [0, 0.1) is 0 Å². The summed E-state index contributed by atoms with van der Waals surface area (Å²) in [5.41, 5.74) is 8.86. The first-order valence-electron chi connectivity index (χ1n) is 11.8. The van der Waals surface area contributed by atoms with Gasteiger partial charge in [0.2, 0.25) is 0 Å². The molecule has 1 aliphatic carbocycles. The van der Waals surface area contributed by atoms with Crippen LogP contribution in [-0.2, 0) is 5.41 Å². The number of carboxylic acids is 1. The lowest BCUT2D eigenvalue weighted by Gasteiger charge is -2.22. The third-order valence-corrected chi connectivity index (χ3v) is 7.23. The van der Waals surface area contributed by atoms with Gasteiger partial charge in [-0.1, -0.05) is 92.7 Å². The number of nitrogens with one attached hydrogen (secondary N) is 1. The van der Waals surface area contributed by atoms with Crippen molar-refractivity contribution in [1.29, 1.82) is 0 Å². The fourth-order valence-corrected chi connectivity index (χ4v) is 5.38. The van der Waals surface area contributed by atoms with E-state index >= 15 is 0 Å². The second-order valence-corrected chi connectivity index (χ2v) is 9.65. The van der Waals surface area contributed by atoms with Crippen LogP contribution in [0.2, 0.25) is 0 Å². The third-order valence-electron chi connectivity index (χ3n) is 7.23. The number of hydrogen-bond acceptors (Lipinski definition) is 2. The van der Waals surface area contributed by atoms with Gasteiger partial charge in [-0.15, -0.1) is 0 Å². The van der Waals surface area contributed by atoms with Crippen LogP contribution >= 0.6 is 0 Å². The number of fused-ring (bicyclic) bond motifs is 4. The lowest BCUT2D eigenvalue weighted by Crippen LogP contribution is -2.14. The minimum absolute atomic E-state index is 0.0903. The Morgan fingerprint density at radius 3 is 2.23 bits per heavy atom. The lowest BCUT2D eigenvalue weighted by atomic mass is 9.81. The fraction of sp³-hybridized carbons (Fsp3) is 0.0938. The van der Waals surface area contributed by atoms with E-state index in [9.17, 15) is 9.90 Å². The highest BCUT2D eigenvalue weighted by molar-refractivity contribution is 6.00. The van der Waals surface area contributed by atoms with E-state index in [0.717, 1.165) is 27.6 Å². The maximum absolute atomic E-state index is 12.0. The molecule has 0 aromatic heterocycles. The standard InChI is InChI=1S/C32H25NO2/c1-32(2)27-12-6-5-11-24(27)25-16-14-21(18-28(25)32)22-15-17-26(31(34)35)30(19-22)33-29-13-7-9-20-8-3-4-10-23(20)29/h3-19,33H,1-2H3,(H,34,35). The molecule has 0 fully saturated rings. The first-order valence-corrected chi connectivity index (χ1v) is 11.8. The predicted octanol–water partition coefficient (Wildman–Crippen LogP) is 8.25. The van der Waals surface area contributed by atoms with Gasteiger partial charge in [-0.05, 0) is 63.0 Å². The Bertz CT molecular complexity index is 1630. The van der Waals surface area contributed by atoms with Crippen molar-refractivity contribution < 1.29 is 9.90 Å². The second kappa shape index (κ2) is 7.85. The minimum Gasteiger partial charge on any atom is -0.478 e. The number of carbonyl (C=O) groups is 1. The first-order chi connectivity index (χ1) is 16.9. The number of benzene rings is 5. The minimum atomic E-state index is -0.954. The van der Waals surface area contributed by atoms with Gasteiger partial charge in [0.05, 0.1) is 11.3 Å². The summed E-state index contributed by atoms with van der Waals surface area (Å²) in [4.78, 5) is 12.0. The normalized spacial score (nSPS) is 13.3. The molecule has 35 heavy (non-hydrogen) atoms. The summed E-state index contributed by atoms with van der Waals surface area (Å²) >= 11 is 0. The van der Waals surface area contributed by atoms with Crippen LogP contribution in [-0.4, -0.2) is 11.1 Å². The Morgan fingerprint density at radius 2 is 1.37 bits per heavy atom. The van der Waals surface area contributed by atoms with Crippen LogP contribution in [0.3, 0.4) is 0 Å². The topological polar surface area (TPSA) is 49.3 Å². The van der Waals surface area contributed by atoms with Gasteiger partial charge in [-0.3, -0.25) is 0 Å². The number of aromatic carboxylic acids is 1. The van der Waals surface area contributed by atoms with Crippen molar-refractivity contribution >= 4 is 28.1 Å².